The lowest BCUT2D eigenvalue weighted by Gasteiger charge is -2.38. The zero-order chi connectivity index (χ0) is 27.2. The molecule has 1 saturated heterocycles. The highest BCUT2D eigenvalue weighted by atomic mass is 16.2. The molecule has 3 unspecified atom stereocenters. The molecule has 1 aliphatic carbocycles. The summed E-state index contributed by atoms with van der Waals surface area (Å²) in [6, 6.07) is 20.2. The van der Waals surface area contributed by atoms with Crippen LogP contribution < -0.4 is 10.6 Å². The van der Waals surface area contributed by atoms with Gasteiger partial charge in [0.05, 0.1) is 47.2 Å². The van der Waals surface area contributed by atoms with Gasteiger partial charge in [0.2, 0.25) is 11.8 Å². The molecule has 1 aromatic heterocycles. The lowest BCUT2D eigenvalue weighted by atomic mass is 9.85. The third-order valence-electron chi connectivity index (χ3n) is 7.88. The van der Waals surface area contributed by atoms with Crippen molar-refractivity contribution in [3.8, 4) is 6.07 Å². The standard InChI is InChI=1S/C31H36N6O2/c1-31(28-18-33-21-34-28,16-23-7-9-24(17-32)10-8-23)36-30(39)26-15-25(29(38)35-27-11-12-27)19-37(20-26)14-13-22-5-3-2-4-6-22/h2-10,18,21,25-27H,11-16,19-20H2,1H3,(H,33,34)(H,35,38)(H,36,39). The lowest BCUT2D eigenvalue weighted by Crippen LogP contribution is -2.54. The highest BCUT2D eigenvalue weighted by Crippen LogP contribution is 2.29. The van der Waals surface area contributed by atoms with E-state index in [0.29, 0.717) is 37.5 Å². The molecule has 8 nitrogen and oxygen atoms in total. The Morgan fingerprint density at radius 3 is 2.41 bits per heavy atom. The summed E-state index contributed by atoms with van der Waals surface area (Å²) in [6.07, 6.45) is 7.36. The highest BCUT2D eigenvalue weighted by molar-refractivity contribution is 5.83. The maximum absolute atomic E-state index is 13.9. The van der Waals surface area contributed by atoms with Gasteiger partial charge in [-0.2, -0.15) is 5.26 Å². The molecule has 2 heterocycles. The number of likely N-dealkylation sites (tertiary alicyclic amines) is 1. The Balaban J connectivity index is 1.32. The fourth-order valence-electron chi connectivity index (χ4n) is 5.48. The fraction of sp³-hybridized carbons (Fsp3) is 0.419. The van der Waals surface area contributed by atoms with E-state index >= 15 is 0 Å². The number of aromatic amines is 1. The molecule has 3 atom stereocenters. The molecule has 202 valence electrons. The van der Waals surface area contributed by atoms with Gasteiger partial charge in [0.25, 0.3) is 0 Å². The zero-order valence-corrected chi connectivity index (χ0v) is 22.4. The Labute approximate surface area is 229 Å². The summed E-state index contributed by atoms with van der Waals surface area (Å²) in [5.74, 6) is -0.529. The first-order valence-electron chi connectivity index (χ1n) is 13.8. The molecule has 0 spiro atoms. The molecule has 8 heteroatoms. The number of nitrogens with one attached hydrogen (secondary N) is 3. The van der Waals surface area contributed by atoms with Crippen molar-refractivity contribution in [1.82, 2.24) is 25.5 Å². The topological polar surface area (TPSA) is 114 Å². The molecule has 2 fully saturated rings. The normalized spacial score (nSPS) is 20.9. The lowest BCUT2D eigenvalue weighted by molar-refractivity contribution is -0.133. The van der Waals surface area contributed by atoms with Crippen LogP contribution in [0.5, 0.6) is 0 Å². The predicted octanol–water partition coefficient (Wildman–Crippen LogP) is 3.31. The van der Waals surface area contributed by atoms with Gasteiger partial charge >= 0.3 is 0 Å². The van der Waals surface area contributed by atoms with Crippen molar-refractivity contribution in [2.75, 3.05) is 19.6 Å². The van der Waals surface area contributed by atoms with E-state index < -0.39 is 5.54 Å². The van der Waals surface area contributed by atoms with Crippen molar-refractivity contribution in [2.24, 2.45) is 11.8 Å². The van der Waals surface area contributed by atoms with E-state index in [1.165, 1.54) is 5.56 Å². The number of carbonyl (C=O) groups is 2. The fourth-order valence-corrected chi connectivity index (χ4v) is 5.48. The maximum Gasteiger partial charge on any atom is 0.225 e. The predicted molar refractivity (Wildman–Crippen MR) is 148 cm³/mol. The summed E-state index contributed by atoms with van der Waals surface area (Å²) in [5.41, 5.74) is 2.91. The average molecular weight is 525 g/mol. The number of imidazole rings is 1. The Bertz CT molecular complexity index is 1300. The van der Waals surface area contributed by atoms with Gasteiger partial charge in [0.1, 0.15) is 0 Å². The number of hydrogen-bond donors (Lipinski definition) is 3. The Morgan fingerprint density at radius 1 is 1.05 bits per heavy atom. The molecule has 0 bridgehead atoms. The number of benzene rings is 2. The van der Waals surface area contributed by atoms with Crippen LogP contribution in [0.2, 0.25) is 0 Å². The van der Waals surface area contributed by atoms with Crippen molar-refractivity contribution in [3.05, 3.63) is 89.5 Å². The van der Waals surface area contributed by atoms with Crippen molar-refractivity contribution in [2.45, 2.75) is 50.6 Å². The second-order valence-corrected chi connectivity index (χ2v) is 11.2. The molecule has 3 N–H and O–H groups in total. The minimum atomic E-state index is -0.736. The van der Waals surface area contributed by atoms with Crippen LogP contribution in [0.4, 0.5) is 0 Å². The number of aromatic nitrogens is 2. The number of H-pyrrole nitrogens is 1. The molecular weight excluding hydrogens is 488 g/mol. The quantitative estimate of drug-likeness (QED) is 0.377. The number of carbonyl (C=O) groups excluding carboxylic acids is 2. The number of hydrogen-bond acceptors (Lipinski definition) is 5. The molecule has 1 aliphatic heterocycles. The second kappa shape index (κ2) is 11.8. The van der Waals surface area contributed by atoms with Gasteiger partial charge in [-0.25, -0.2) is 4.98 Å². The molecule has 2 aliphatic rings. The van der Waals surface area contributed by atoms with Gasteiger partial charge in [-0.05, 0) is 55.9 Å². The van der Waals surface area contributed by atoms with E-state index in [1.54, 1.807) is 24.7 Å². The second-order valence-electron chi connectivity index (χ2n) is 11.2. The number of nitrogens with zero attached hydrogens (tertiary/aromatic N) is 3. The number of nitriles is 1. The highest BCUT2D eigenvalue weighted by Gasteiger charge is 2.39. The Kier molecular flexibility index (Phi) is 8.08. The molecule has 1 saturated carbocycles. The number of piperidine rings is 1. The molecule has 39 heavy (non-hydrogen) atoms. The molecule has 3 aromatic rings. The number of rotatable bonds is 10. The van der Waals surface area contributed by atoms with Crippen molar-refractivity contribution in [3.63, 3.8) is 0 Å². The Hall–Kier alpha value is -3.96. The minimum absolute atomic E-state index is 0.0608. The van der Waals surface area contributed by atoms with Gasteiger partial charge in [-0.15, -0.1) is 0 Å². The van der Waals surface area contributed by atoms with Crippen LogP contribution in [0, 0.1) is 23.2 Å². The molecule has 2 amide bonds. The maximum atomic E-state index is 13.9. The van der Waals surface area contributed by atoms with E-state index in [0.717, 1.165) is 37.1 Å². The smallest absolute Gasteiger partial charge is 0.225 e. The van der Waals surface area contributed by atoms with E-state index in [2.05, 4.69) is 43.7 Å². The van der Waals surface area contributed by atoms with E-state index in [9.17, 15) is 9.59 Å². The summed E-state index contributed by atoms with van der Waals surface area (Å²) < 4.78 is 0. The molecular formula is C31H36N6O2. The summed E-state index contributed by atoms with van der Waals surface area (Å²) >= 11 is 0. The van der Waals surface area contributed by atoms with Crippen LogP contribution in [0.25, 0.3) is 0 Å². The summed E-state index contributed by atoms with van der Waals surface area (Å²) in [4.78, 5) is 36.6. The first-order valence-corrected chi connectivity index (χ1v) is 13.8. The van der Waals surface area contributed by atoms with Crippen LogP contribution in [-0.4, -0.2) is 52.4 Å². The van der Waals surface area contributed by atoms with E-state index in [-0.39, 0.29) is 23.7 Å². The molecule has 0 radical (unpaired) electrons. The van der Waals surface area contributed by atoms with Crippen LogP contribution in [0.15, 0.2) is 67.1 Å². The summed E-state index contributed by atoms with van der Waals surface area (Å²) in [6.45, 7) is 4.06. The van der Waals surface area contributed by atoms with Gasteiger partial charge in [0, 0.05) is 32.1 Å². The monoisotopic (exact) mass is 524 g/mol. The third kappa shape index (κ3) is 6.92. The first-order chi connectivity index (χ1) is 18.9. The van der Waals surface area contributed by atoms with Crippen LogP contribution in [0.3, 0.4) is 0 Å². The first kappa shape index (κ1) is 26.6. The van der Waals surface area contributed by atoms with Gasteiger partial charge in [-0.3, -0.25) is 9.59 Å². The molecule has 5 rings (SSSR count). The zero-order valence-electron chi connectivity index (χ0n) is 22.4. The van der Waals surface area contributed by atoms with E-state index in [4.69, 9.17) is 5.26 Å². The van der Waals surface area contributed by atoms with Crippen LogP contribution >= 0.6 is 0 Å². The SMILES string of the molecule is CC(Cc1ccc(C#N)cc1)(NC(=O)C1CC(C(=O)NC2CC2)CN(CCc2ccccc2)C1)c1cnc[nH]1. The Morgan fingerprint density at radius 2 is 1.77 bits per heavy atom. The van der Waals surface area contributed by atoms with E-state index in [1.807, 2.05) is 37.3 Å². The molecule has 2 aromatic carbocycles. The van der Waals surface area contributed by atoms with Crippen LogP contribution in [0.1, 0.15) is 48.6 Å². The minimum Gasteiger partial charge on any atom is -0.353 e. The van der Waals surface area contributed by atoms with Crippen LogP contribution in [-0.2, 0) is 28.0 Å². The summed E-state index contributed by atoms with van der Waals surface area (Å²) in [7, 11) is 0. The van der Waals surface area contributed by atoms with Crippen molar-refractivity contribution >= 4 is 11.8 Å². The van der Waals surface area contributed by atoms with Gasteiger partial charge in [-0.1, -0.05) is 42.5 Å². The number of amides is 2. The average Bonchev–Trinajstić information content (AvgIpc) is 3.58. The van der Waals surface area contributed by atoms with Gasteiger partial charge in [0.15, 0.2) is 0 Å². The van der Waals surface area contributed by atoms with Gasteiger partial charge < -0.3 is 20.5 Å². The van der Waals surface area contributed by atoms with Crippen molar-refractivity contribution in [1.29, 1.82) is 5.26 Å². The largest absolute Gasteiger partial charge is 0.353 e. The third-order valence-corrected chi connectivity index (χ3v) is 7.88. The van der Waals surface area contributed by atoms with Crippen molar-refractivity contribution < 1.29 is 9.59 Å². The summed E-state index contributed by atoms with van der Waals surface area (Å²) in [5, 5.41) is 15.6.